The summed E-state index contributed by atoms with van der Waals surface area (Å²) in [6.45, 7) is 0. The van der Waals surface area contributed by atoms with Crippen molar-refractivity contribution in [2.45, 2.75) is 0 Å². The Morgan fingerprint density at radius 1 is 0.733 bits per heavy atom. The quantitative estimate of drug-likeness (QED) is 0.462. The predicted octanol–water partition coefficient (Wildman–Crippen LogP) is 1.19. The van der Waals surface area contributed by atoms with E-state index in [9.17, 15) is 0 Å². The Hall–Kier alpha value is 0.752. The van der Waals surface area contributed by atoms with Crippen LogP contribution in [0.5, 0.6) is 0 Å². The monoisotopic (exact) mass is 397 g/mol. The van der Waals surface area contributed by atoms with Gasteiger partial charge in [-0.3, -0.25) is 0 Å². The Morgan fingerprint density at radius 3 is 1.00 bits per heavy atom. The van der Waals surface area contributed by atoms with Crippen molar-refractivity contribution in [3.63, 3.8) is 0 Å². The van der Waals surface area contributed by atoms with Gasteiger partial charge < -0.3 is 12.4 Å². The molecule has 0 aromatic heterocycles. The van der Waals surface area contributed by atoms with Gasteiger partial charge in [0, 0.05) is 0 Å². The van der Waals surface area contributed by atoms with Crippen LogP contribution in [-0.4, -0.2) is 0 Å². The second kappa shape index (κ2) is 20.2. The van der Waals surface area contributed by atoms with Gasteiger partial charge in [0.15, 0.2) is 0 Å². The molecule has 0 bridgehead atoms. The standard InChI is InChI=1S/2C5H5.3ClH.Fe.Pd/c2*1-2-4-5-3-1;;;;;/h2*1-5H;3*1H;;/q2*-1;;;;+2;+3/p-3. The van der Waals surface area contributed by atoms with E-state index in [4.69, 9.17) is 19.1 Å². The van der Waals surface area contributed by atoms with Crippen LogP contribution in [0.4, 0.5) is 0 Å². The SMILES string of the molecule is [Cl-].[Cl][Pd+][Cl].[Fe+2].c1cc[cH-]c1.c1cc[cH-]c1. The fourth-order valence-electron chi connectivity index (χ4n) is 0.642. The molecule has 0 nitrogen and oxygen atoms in total. The van der Waals surface area contributed by atoms with Crippen LogP contribution in [0.2, 0.25) is 0 Å². The van der Waals surface area contributed by atoms with E-state index in [1.807, 2.05) is 60.7 Å². The molecule has 0 fully saturated rings. The molecule has 15 heavy (non-hydrogen) atoms. The first-order valence-corrected chi connectivity index (χ1v) is 7.58. The van der Waals surface area contributed by atoms with Gasteiger partial charge in [-0.25, -0.2) is 24.3 Å². The van der Waals surface area contributed by atoms with Crippen LogP contribution in [0.15, 0.2) is 60.7 Å². The van der Waals surface area contributed by atoms with Crippen LogP contribution >= 0.6 is 19.1 Å². The van der Waals surface area contributed by atoms with Gasteiger partial charge in [-0.2, -0.15) is 36.4 Å². The summed E-state index contributed by atoms with van der Waals surface area (Å²) in [6, 6.07) is 20.0. The Morgan fingerprint density at radius 2 is 0.933 bits per heavy atom. The third kappa shape index (κ3) is 20.8. The summed E-state index contributed by atoms with van der Waals surface area (Å²) in [7, 11) is 9.63. The molecule has 0 radical (unpaired) electrons. The minimum Gasteiger partial charge on any atom is -0.214 e. The molecule has 0 unspecified atom stereocenters. The fraction of sp³-hybridized carbons (Fsp3) is 0. The largest absolute Gasteiger partial charge is 2.00 e. The van der Waals surface area contributed by atoms with E-state index in [-0.39, 0.29) is 45.4 Å². The van der Waals surface area contributed by atoms with Crippen molar-refractivity contribution in [3.05, 3.63) is 60.7 Å². The second-order valence-electron chi connectivity index (χ2n) is 1.97. The Kier molecular flexibility index (Phi) is 28.4. The average molecular weight is 399 g/mol. The maximum atomic E-state index is 4.81. The summed E-state index contributed by atoms with van der Waals surface area (Å²) in [5.74, 6) is 0. The summed E-state index contributed by atoms with van der Waals surface area (Å²) >= 11 is -0.106. The fourth-order valence-corrected chi connectivity index (χ4v) is 0.642. The second-order valence-corrected chi connectivity index (χ2v) is 4.33. The van der Waals surface area contributed by atoms with Crippen molar-refractivity contribution >= 4 is 19.1 Å². The van der Waals surface area contributed by atoms with Gasteiger partial charge in [0.2, 0.25) is 0 Å². The molecule has 2 aromatic rings. The molecule has 2 rings (SSSR count). The van der Waals surface area contributed by atoms with Crippen LogP contribution < -0.4 is 12.4 Å². The number of hydrogen-bond acceptors (Lipinski definition) is 0. The molecular weight excluding hydrogens is 389 g/mol. The van der Waals surface area contributed by atoms with E-state index in [1.165, 1.54) is 0 Å². The van der Waals surface area contributed by atoms with E-state index in [2.05, 4.69) is 0 Å². The normalized spacial score (nSPS) is 6.80. The summed E-state index contributed by atoms with van der Waals surface area (Å²) in [5, 5.41) is 0. The molecule has 2 aromatic carbocycles. The van der Waals surface area contributed by atoms with Crippen LogP contribution in [0.3, 0.4) is 0 Å². The van der Waals surface area contributed by atoms with E-state index in [1.54, 1.807) is 0 Å². The molecule has 0 aliphatic carbocycles. The van der Waals surface area contributed by atoms with E-state index in [0.717, 1.165) is 0 Å². The molecule has 0 atom stereocenters. The number of halogens is 3. The third-order valence-corrected chi connectivity index (χ3v) is 1.11. The van der Waals surface area contributed by atoms with E-state index < -0.39 is 0 Å². The Balaban J connectivity index is -0.000000140. The molecule has 0 spiro atoms. The van der Waals surface area contributed by atoms with Gasteiger partial charge in [-0.15, -0.1) is 0 Å². The molecular formula is C10H10Cl3FePd. The Labute approximate surface area is 124 Å². The van der Waals surface area contributed by atoms with Gasteiger partial charge in [0.1, 0.15) is 0 Å². The van der Waals surface area contributed by atoms with Gasteiger partial charge >= 0.3 is 52.1 Å². The zero-order valence-corrected chi connectivity index (χ0v) is 12.5. The molecule has 0 aliphatic heterocycles. The van der Waals surface area contributed by atoms with Gasteiger partial charge in [0.05, 0.1) is 0 Å². The zero-order chi connectivity index (χ0) is 9.78. The zero-order valence-electron chi connectivity index (χ0n) is 7.58. The first-order chi connectivity index (χ1) is 6.41. The summed E-state index contributed by atoms with van der Waals surface area (Å²) in [4.78, 5) is 0. The van der Waals surface area contributed by atoms with Crippen LogP contribution in [0, 0.1) is 0 Å². The molecule has 0 saturated carbocycles. The van der Waals surface area contributed by atoms with Crippen LogP contribution in [0.1, 0.15) is 0 Å². The molecule has 5 heteroatoms. The van der Waals surface area contributed by atoms with Crippen molar-refractivity contribution in [2.75, 3.05) is 0 Å². The first kappa shape index (κ1) is 21.1. The molecule has 89 valence electrons. The van der Waals surface area contributed by atoms with Gasteiger partial charge in [-0.05, 0) is 0 Å². The van der Waals surface area contributed by atoms with Crippen molar-refractivity contribution in [1.82, 2.24) is 0 Å². The third-order valence-electron chi connectivity index (χ3n) is 1.11. The van der Waals surface area contributed by atoms with Crippen molar-refractivity contribution in [1.29, 1.82) is 0 Å². The minimum atomic E-state index is -0.106. The number of hydrogen-bond donors (Lipinski definition) is 0. The predicted molar refractivity (Wildman–Crippen MR) is 55.8 cm³/mol. The van der Waals surface area contributed by atoms with Crippen molar-refractivity contribution in [2.24, 2.45) is 0 Å². The molecule has 0 heterocycles. The van der Waals surface area contributed by atoms with E-state index >= 15 is 0 Å². The van der Waals surface area contributed by atoms with Crippen molar-refractivity contribution in [3.8, 4) is 0 Å². The molecule has 0 N–H and O–H groups in total. The summed E-state index contributed by atoms with van der Waals surface area (Å²) < 4.78 is 0. The van der Waals surface area contributed by atoms with Gasteiger partial charge in [0.25, 0.3) is 0 Å². The molecule has 0 saturated heterocycles. The summed E-state index contributed by atoms with van der Waals surface area (Å²) in [5.41, 5.74) is 0. The smallest absolute Gasteiger partial charge is 0.214 e. The van der Waals surface area contributed by atoms with E-state index in [0.29, 0.717) is 0 Å². The molecule has 0 aliphatic rings. The topological polar surface area (TPSA) is 0 Å². The van der Waals surface area contributed by atoms with Crippen LogP contribution in [0.25, 0.3) is 0 Å². The minimum absolute atomic E-state index is 0. The van der Waals surface area contributed by atoms with Crippen LogP contribution in [-0.2, 0) is 33.0 Å². The average Bonchev–Trinajstić information content (AvgIpc) is 2.85. The first-order valence-electron chi connectivity index (χ1n) is 3.57. The number of rotatable bonds is 0. The Bertz CT molecular complexity index is 172. The van der Waals surface area contributed by atoms with Crippen molar-refractivity contribution < 1.29 is 45.4 Å². The van der Waals surface area contributed by atoms with Gasteiger partial charge in [-0.1, -0.05) is 0 Å². The molecule has 0 amide bonds. The maximum Gasteiger partial charge on any atom is 2.00 e. The summed E-state index contributed by atoms with van der Waals surface area (Å²) in [6.07, 6.45) is 0. The maximum absolute atomic E-state index is 4.81.